The van der Waals surface area contributed by atoms with E-state index in [4.69, 9.17) is 4.74 Å². The molecule has 4 heterocycles. The standard InChI is InChI=1S/C20H21N7O/c1-28-14-5-6-17-20(9-14)27-19(10-18-15(11-21)22-13-26(17)18)16(23-24-27)12-25-7-3-2-4-8-25/h5-6,9,13H,2-4,7-8,10,12H2,1H3. The molecule has 5 rings (SSSR count). The lowest BCUT2D eigenvalue weighted by molar-refractivity contribution is 0.218. The van der Waals surface area contributed by atoms with Crippen molar-refractivity contribution in [2.24, 2.45) is 0 Å². The number of rotatable bonds is 3. The number of hydrogen-bond acceptors (Lipinski definition) is 6. The third kappa shape index (κ3) is 2.67. The second-order valence-corrected chi connectivity index (χ2v) is 7.28. The first-order valence-corrected chi connectivity index (χ1v) is 9.59. The number of hydrogen-bond donors (Lipinski definition) is 0. The van der Waals surface area contributed by atoms with E-state index in [-0.39, 0.29) is 0 Å². The van der Waals surface area contributed by atoms with Crippen LogP contribution in [0.25, 0.3) is 11.4 Å². The monoisotopic (exact) mass is 375 g/mol. The van der Waals surface area contributed by atoms with Crippen LogP contribution in [0, 0.1) is 11.3 Å². The zero-order valence-electron chi connectivity index (χ0n) is 15.8. The van der Waals surface area contributed by atoms with E-state index in [1.165, 1.54) is 19.3 Å². The number of piperidine rings is 1. The lowest BCUT2D eigenvalue weighted by Gasteiger charge is -2.25. The van der Waals surface area contributed by atoms with Gasteiger partial charge in [-0.05, 0) is 38.1 Å². The molecule has 1 fully saturated rings. The summed E-state index contributed by atoms with van der Waals surface area (Å²) in [6, 6.07) is 8.06. The summed E-state index contributed by atoms with van der Waals surface area (Å²) in [7, 11) is 1.65. The Balaban J connectivity index is 1.66. The van der Waals surface area contributed by atoms with Gasteiger partial charge in [-0.3, -0.25) is 9.47 Å². The van der Waals surface area contributed by atoms with Crippen LogP contribution in [0.15, 0.2) is 24.5 Å². The fourth-order valence-electron chi connectivity index (χ4n) is 4.16. The van der Waals surface area contributed by atoms with Crippen LogP contribution < -0.4 is 4.74 Å². The van der Waals surface area contributed by atoms with E-state index in [0.29, 0.717) is 12.1 Å². The summed E-state index contributed by atoms with van der Waals surface area (Å²) in [6.07, 6.45) is 6.04. The third-order valence-corrected chi connectivity index (χ3v) is 5.64. The summed E-state index contributed by atoms with van der Waals surface area (Å²) in [5, 5.41) is 18.5. The Bertz CT molecular complexity index is 1070. The molecule has 2 aliphatic rings. The van der Waals surface area contributed by atoms with Crippen molar-refractivity contribution in [1.82, 2.24) is 29.4 Å². The van der Waals surface area contributed by atoms with Gasteiger partial charge in [0.15, 0.2) is 5.69 Å². The highest BCUT2D eigenvalue weighted by molar-refractivity contribution is 5.59. The van der Waals surface area contributed by atoms with Crippen LogP contribution in [-0.4, -0.2) is 49.6 Å². The van der Waals surface area contributed by atoms with Crippen molar-refractivity contribution in [3.63, 3.8) is 0 Å². The van der Waals surface area contributed by atoms with E-state index in [1.54, 1.807) is 13.4 Å². The molecule has 0 unspecified atom stereocenters. The summed E-state index contributed by atoms with van der Waals surface area (Å²) in [6.45, 7) is 2.97. The van der Waals surface area contributed by atoms with Crippen molar-refractivity contribution in [2.45, 2.75) is 32.2 Å². The van der Waals surface area contributed by atoms with Crippen molar-refractivity contribution >= 4 is 0 Å². The molecule has 0 aliphatic carbocycles. The van der Waals surface area contributed by atoms with E-state index in [0.717, 1.165) is 53.8 Å². The van der Waals surface area contributed by atoms with Crippen molar-refractivity contribution in [3.05, 3.63) is 47.3 Å². The molecular weight excluding hydrogens is 354 g/mol. The fraction of sp³-hybridized carbons (Fsp3) is 0.400. The largest absolute Gasteiger partial charge is 0.497 e. The van der Waals surface area contributed by atoms with Gasteiger partial charge in [0.25, 0.3) is 0 Å². The molecular formula is C20H21N7O. The number of fused-ring (bicyclic) bond motifs is 5. The van der Waals surface area contributed by atoms with Crippen LogP contribution in [0.4, 0.5) is 0 Å². The van der Waals surface area contributed by atoms with Gasteiger partial charge in [0.05, 0.1) is 29.9 Å². The van der Waals surface area contributed by atoms with Crippen LogP contribution in [0.2, 0.25) is 0 Å². The molecule has 142 valence electrons. The summed E-state index contributed by atoms with van der Waals surface area (Å²) in [5.74, 6) is 0.752. The van der Waals surface area contributed by atoms with Gasteiger partial charge >= 0.3 is 0 Å². The Morgan fingerprint density at radius 3 is 2.79 bits per heavy atom. The predicted octanol–water partition coefficient (Wildman–Crippen LogP) is 2.22. The highest BCUT2D eigenvalue weighted by Gasteiger charge is 2.27. The minimum Gasteiger partial charge on any atom is -0.497 e. The van der Waals surface area contributed by atoms with Gasteiger partial charge in [-0.1, -0.05) is 11.6 Å². The zero-order chi connectivity index (χ0) is 19.1. The summed E-state index contributed by atoms with van der Waals surface area (Å²) >= 11 is 0. The number of benzene rings is 1. The van der Waals surface area contributed by atoms with Crippen LogP contribution in [0.3, 0.4) is 0 Å². The molecule has 0 radical (unpaired) electrons. The average molecular weight is 375 g/mol. The molecule has 3 aromatic rings. The highest BCUT2D eigenvalue weighted by atomic mass is 16.5. The number of methoxy groups -OCH3 is 1. The van der Waals surface area contributed by atoms with Crippen molar-refractivity contribution in [3.8, 4) is 23.2 Å². The smallest absolute Gasteiger partial charge is 0.162 e. The number of ether oxygens (including phenoxy) is 1. The Labute approximate surface area is 163 Å². The maximum Gasteiger partial charge on any atom is 0.162 e. The van der Waals surface area contributed by atoms with Gasteiger partial charge in [0, 0.05) is 19.0 Å². The van der Waals surface area contributed by atoms with E-state index < -0.39 is 0 Å². The van der Waals surface area contributed by atoms with Crippen LogP contribution in [0.5, 0.6) is 5.75 Å². The van der Waals surface area contributed by atoms with Crippen molar-refractivity contribution in [2.75, 3.05) is 20.2 Å². The summed E-state index contributed by atoms with van der Waals surface area (Å²) < 4.78 is 9.30. The van der Waals surface area contributed by atoms with Crippen LogP contribution in [-0.2, 0) is 13.0 Å². The normalized spacial score (nSPS) is 15.9. The lowest BCUT2D eigenvalue weighted by Crippen LogP contribution is -2.29. The average Bonchev–Trinajstić information content (AvgIpc) is 3.29. The minimum atomic E-state index is 0.445. The molecule has 2 aromatic heterocycles. The van der Waals surface area contributed by atoms with Crippen LogP contribution >= 0.6 is 0 Å². The molecule has 0 saturated carbocycles. The molecule has 1 aromatic carbocycles. The van der Waals surface area contributed by atoms with Crippen molar-refractivity contribution in [1.29, 1.82) is 5.26 Å². The molecule has 0 amide bonds. The second-order valence-electron chi connectivity index (χ2n) is 7.28. The molecule has 0 spiro atoms. The molecule has 28 heavy (non-hydrogen) atoms. The van der Waals surface area contributed by atoms with E-state index >= 15 is 0 Å². The molecule has 1 saturated heterocycles. The number of nitrogens with zero attached hydrogens (tertiary/aromatic N) is 7. The van der Waals surface area contributed by atoms with E-state index in [2.05, 4.69) is 26.3 Å². The van der Waals surface area contributed by atoms with Crippen LogP contribution in [0.1, 0.15) is 42.0 Å². The summed E-state index contributed by atoms with van der Waals surface area (Å²) in [4.78, 5) is 6.75. The topological polar surface area (TPSA) is 84.8 Å². The van der Waals surface area contributed by atoms with Gasteiger partial charge in [0.1, 0.15) is 23.8 Å². The van der Waals surface area contributed by atoms with E-state index in [1.807, 2.05) is 27.4 Å². The minimum absolute atomic E-state index is 0.445. The lowest BCUT2D eigenvalue weighted by atomic mass is 10.1. The first kappa shape index (κ1) is 17.0. The maximum atomic E-state index is 9.54. The number of nitriles is 1. The van der Waals surface area contributed by atoms with Gasteiger partial charge in [-0.15, -0.1) is 5.10 Å². The zero-order valence-corrected chi connectivity index (χ0v) is 15.8. The second kappa shape index (κ2) is 6.77. The SMILES string of the molecule is COc1ccc2c(c1)-n1nnc(CN3CCCCC3)c1Cc1c(C#N)ncn1-2. The Hall–Kier alpha value is -3.18. The third-order valence-electron chi connectivity index (χ3n) is 5.64. The molecule has 2 aliphatic heterocycles. The van der Waals surface area contributed by atoms with Gasteiger partial charge in [0.2, 0.25) is 0 Å². The molecule has 0 N–H and O–H groups in total. The van der Waals surface area contributed by atoms with Gasteiger partial charge in [-0.2, -0.15) is 5.26 Å². The van der Waals surface area contributed by atoms with Gasteiger partial charge < -0.3 is 4.74 Å². The first-order valence-electron chi connectivity index (χ1n) is 9.59. The number of likely N-dealkylation sites (tertiary alicyclic amines) is 1. The predicted molar refractivity (Wildman–Crippen MR) is 102 cm³/mol. The van der Waals surface area contributed by atoms with E-state index in [9.17, 15) is 5.26 Å². The number of imidazole rings is 1. The Kier molecular flexibility index (Phi) is 4.10. The Morgan fingerprint density at radius 2 is 2.00 bits per heavy atom. The number of aromatic nitrogens is 5. The van der Waals surface area contributed by atoms with Gasteiger partial charge in [-0.25, -0.2) is 9.67 Å². The molecule has 0 atom stereocenters. The summed E-state index contributed by atoms with van der Waals surface area (Å²) in [5.41, 5.74) is 5.09. The quantitative estimate of drug-likeness (QED) is 0.546. The molecule has 8 heteroatoms. The fourth-order valence-corrected chi connectivity index (χ4v) is 4.16. The van der Waals surface area contributed by atoms with Crippen molar-refractivity contribution < 1.29 is 4.74 Å². The highest BCUT2D eigenvalue weighted by Crippen LogP contribution is 2.32. The molecule has 8 nitrogen and oxygen atoms in total. The molecule has 0 bridgehead atoms. The Morgan fingerprint density at radius 1 is 1.14 bits per heavy atom. The maximum absolute atomic E-state index is 9.54. The first-order chi connectivity index (χ1) is 13.8.